The van der Waals surface area contributed by atoms with Gasteiger partial charge in [-0.1, -0.05) is 0 Å². The van der Waals surface area contributed by atoms with E-state index in [9.17, 15) is 9.59 Å². The van der Waals surface area contributed by atoms with Crippen molar-refractivity contribution >= 4 is 5.95 Å². The fourth-order valence-electron chi connectivity index (χ4n) is 1.08. The van der Waals surface area contributed by atoms with E-state index in [0.717, 1.165) is 4.57 Å². The van der Waals surface area contributed by atoms with Crippen LogP contribution in [0.1, 0.15) is 19.9 Å². The van der Waals surface area contributed by atoms with Crippen molar-refractivity contribution in [3.8, 4) is 0 Å². The van der Waals surface area contributed by atoms with Crippen molar-refractivity contribution in [2.24, 2.45) is 0 Å². The number of nitrogens with zero attached hydrogens (tertiary/aromatic N) is 3. The van der Waals surface area contributed by atoms with E-state index in [1.54, 1.807) is 32.8 Å². The molecule has 1 aromatic rings. The van der Waals surface area contributed by atoms with E-state index < -0.39 is 11.4 Å². The first-order valence-corrected chi connectivity index (χ1v) is 5.33. The van der Waals surface area contributed by atoms with Crippen LogP contribution in [0.2, 0.25) is 0 Å². The fourth-order valence-corrected chi connectivity index (χ4v) is 1.08. The Balaban J connectivity index is 0.000000770. The zero-order valence-corrected chi connectivity index (χ0v) is 11.2. The molecule has 0 spiro atoms. The van der Waals surface area contributed by atoms with Crippen LogP contribution in [0.25, 0.3) is 0 Å². The summed E-state index contributed by atoms with van der Waals surface area (Å²) in [6.07, 6.45) is 0. The molecule has 0 radical (unpaired) electrons. The summed E-state index contributed by atoms with van der Waals surface area (Å²) >= 11 is 0. The Morgan fingerprint density at radius 3 is 2.06 bits per heavy atom. The standard InChI is InChI=1S/C8H14N4O2.C2H7N/c1-5(2)12-7(13)9-6(11(3)4)10-8(12)14;1-3-2/h5H,1-4H3,(H,9,10,13,14);3H,1-2H3. The molecule has 0 unspecified atom stereocenters. The maximum atomic E-state index is 11.4. The van der Waals surface area contributed by atoms with Crippen molar-refractivity contribution < 1.29 is 0 Å². The van der Waals surface area contributed by atoms with E-state index in [-0.39, 0.29) is 12.0 Å². The van der Waals surface area contributed by atoms with Gasteiger partial charge in [0.1, 0.15) is 0 Å². The van der Waals surface area contributed by atoms with Gasteiger partial charge < -0.3 is 10.2 Å². The van der Waals surface area contributed by atoms with Gasteiger partial charge in [0.05, 0.1) is 0 Å². The maximum absolute atomic E-state index is 11.4. The highest BCUT2D eigenvalue weighted by atomic mass is 16.2. The van der Waals surface area contributed by atoms with Crippen molar-refractivity contribution in [1.29, 1.82) is 0 Å². The normalized spacial score (nSPS) is 9.82. The Bertz CT molecular complexity index is 415. The Labute approximate surface area is 100 Å². The molecule has 7 nitrogen and oxygen atoms in total. The smallest absolute Gasteiger partial charge is 0.348 e. The first-order chi connectivity index (χ1) is 7.84. The third-order valence-electron chi connectivity index (χ3n) is 1.79. The molecule has 17 heavy (non-hydrogen) atoms. The Hall–Kier alpha value is -1.63. The average Bonchev–Trinajstić information content (AvgIpc) is 2.16. The highest BCUT2D eigenvalue weighted by Crippen LogP contribution is 1.96. The van der Waals surface area contributed by atoms with Crippen molar-refractivity contribution in [3.05, 3.63) is 21.0 Å². The molecule has 1 heterocycles. The molecule has 0 atom stereocenters. The van der Waals surface area contributed by atoms with E-state index in [0.29, 0.717) is 0 Å². The predicted molar refractivity (Wildman–Crippen MR) is 68.8 cm³/mol. The second-order valence-electron chi connectivity index (χ2n) is 4.01. The molecular weight excluding hydrogens is 222 g/mol. The monoisotopic (exact) mass is 243 g/mol. The molecule has 0 bridgehead atoms. The lowest BCUT2D eigenvalue weighted by Gasteiger charge is -2.12. The number of nitrogens with one attached hydrogen (secondary N) is 2. The number of aromatic amines is 1. The van der Waals surface area contributed by atoms with E-state index in [1.165, 1.54) is 0 Å². The summed E-state index contributed by atoms with van der Waals surface area (Å²) in [5, 5.41) is 2.75. The van der Waals surface area contributed by atoms with Crippen LogP contribution in [0.15, 0.2) is 9.59 Å². The first-order valence-electron chi connectivity index (χ1n) is 5.33. The van der Waals surface area contributed by atoms with Gasteiger partial charge in [-0.2, -0.15) is 4.98 Å². The van der Waals surface area contributed by atoms with Gasteiger partial charge in [-0.05, 0) is 27.9 Å². The van der Waals surface area contributed by atoms with Crippen molar-refractivity contribution in [1.82, 2.24) is 19.9 Å². The highest BCUT2D eigenvalue weighted by molar-refractivity contribution is 5.23. The summed E-state index contributed by atoms with van der Waals surface area (Å²) in [4.78, 5) is 30.7. The number of anilines is 1. The third kappa shape index (κ3) is 4.39. The van der Waals surface area contributed by atoms with E-state index >= 15 is 0 Å². The minimum Gasteiger partial charge on any atom is -0.348 e. The topological polar surface area (TPSA) is 83.0 Å². The van der Waals surface area contributed by atoms with Gasteiger partial charge in [-0.15, -0.1) is 0 Å². The van der Waals surface area contributed by atoms with Gasteiger partial charge >= 0.3 is 11.4 Å². The zero-order chi connectivity index (χ0) is 13.6. The third-order valence-corrected chi connectivity index (χ3v) is 1.79. The molecule has 0 fully saturated rings. The quantitative estimate of drug-likeness (QED) is 0.725. The second-order valence-corrected chi connectivity index (χ2v) is 4.01. The van der Waals surface area contributed by atoms with Crippen LogP contribution >= 0.6 is 0 Å². The fraction of sp³-hybridized carbons (Fsp3) is 0.700. The van der Waals surface area contributed by atoms with Gasteiger partial charge in [0, 0.05) is 20.1 Å². The van der Waals surface area contributed by atoms with Crippen LogP contribution in [-0.4, -0.2) is 42.7 Å². The van der Waals surface area contributed by atoms with Crippen LogP contribution in [0.4, 0.5) is 5.95 Å². The second kappa shape index (κ2) is 6.85. The van der Waals surface area contributed by atoms with E-state index in [4.69, 9.17) is 0 Å². The lowest BCUT2D eigenvalue weighted by atomic mass is 10.4. The van der Waals surface area contributed by atoms with E-state index in [1.807, 2.05) is 14.1 Å². The molecular formula is C10H21N5O2. The minimum atomic E-state index is -0.521. The average molecular weight is 243 g/mol. The Morgan fingerprint density at radius 2 is 1.76 bits per heavy atom. The minimum absolute atomic E-state index is 0.185. The maximum Gasteiger partial charge on any atom is 0.355 e. The molecule has 0 aromatic carbocycles. The molecule has 1 aromatic heterocycles. The van der Waals surface area contributed by atoms with Gasteiger partial charge in [0.15, 0.2) is 0 Å². The number of hydrogen-bond donors (Lipinski definition) is 2. The summed E-state index contributed by atoms with van der Waals surface area (Å²) in [5.74, 6) is 0.275. The SMILES string of the molecule is CC(C)n1c(=O)nc(N(C)C)[nH]c1=O.CNC. The van der Waals surface area contributed by atoms with Gasteiger partial charge in [-0.3, -0.25) is 4.98 Å². The van der Waals surface area contributed by atoms with Gasteiger partial charge in [0.2, 0.25) is 5.95 Å². The van der Waals surface area contributed by atoms with Crippen LogP contribution in [-0.2, 0) is 0 Å². The largest absolute Gasteiger partial charge is 0.355 e. The van der Waals surface area contributed by atoms with Crippen molar-refractivity contribution in [2.75, 3.05) is 33.1 Å². The van der Waals surface area contributed by atoms with Gasteiger partial charge in [0.25, 0.3) is 0 Å². The first kappa shape index (κ1) is 15.4. The molecule has 98 valence electrons. The molecule has 1 rings (SSSR count). The molecule has 2 N–H and O–H groups in total. The number of hydrogen-bond acceptors (Lipinski definition) is 5. The summed E-state index contributed by atoms with van der Waals surface area (Å²) in [7, 11) is 7.16. The molecule has 0 aliphatic rings. The van der Waals surface area contributed by atoms with Crippen LogP contribution in [0.3, 0.4) is 0 Å². The van der Waals surface area contributed by atoms with Crippen LogP contribution in [0.5, 0.6) is 0 Å². The Kier molecular flexibility index (Phi) is 6.19. The van der Waals surface area contributed by atoms with Crippen LogP contribution in [0, 0.1) is 0 Å². The molecule has 0 aliphatic heterocycles. The summed E-state index contributed by atoms with van der Waals surface area (Å²) in [6.45, 7) is 3.52. The molecule has 7 heteroatoms. The Morgan fingerprint density at radius 1 is 1.29 bits per heavy atom. The molecule has 0 amide bonds. The van der Waals surface area contributed by atoms with Crippen LogP contribution < -0.4 is 21.6 Å². The highest BCUT2D eigenvalue weighted by Gasteiger charge is 2.09. The summed E-state index contributed by atoms with van der Waals surface area (Å²) < 4.78 is 1.08. The zero-order valence-electron chi connectivity index (χ0n) is 11.2. The predicted octanol–water partition coefficient (Wildman–Crippen LogP) is -0.586. The number of rotatable bonds is 2. The molecule has 0 aliphatic carbocycles. The summed E-state index contributed by atoms with van der Waals surface area (Å²) in [6, 6.07) is -0.185. The summed E-state index contributed by atoms with van der Waals surface area (Å²) in [5.41, 5.74) is -0.948. The lowest BCUT2D eigenvalue weighted by molar-refractivity contribution is 0.528. The molecule has 0 saturated carbocycles. The molecule has 0 saturated heterocycles. The number of H-pyrrole nitrogens is 1. The van der Waals surface area contributed by atoms with E-state index in [2.05, 4.69) is 15.3 Å². The van der Waals surface area contributed by atoms with Gasteiger partial charge in [-0.25, -0.2) is 14.2 Å². The lowest BCUT2D eigenvalue weighted by Crippen LogP contribution is -2.39. The van der Waals surface area contributed by atoms with Crippen molar-refractivity contribution in [3.63, 3.8) is 0 Å². The van der Waals surface area contributed by atoms with Crippen molar-refractivity contribution in [2.45, 2.75) is 19.9 Å². The number of aromatic nitrogens is 3.